The first kappa shape index (κ1) is 19.8. The highest BCUT2D eigenvalue weighted by molar-refractivity contribution is 7.99. The number of rotatable bonds is 9. The van der Waals surface area contributed by atoms with Gasteiger partial charge in [-0.25, -0.2) is 0 Å². The minimum Gasteiger partial charge on any atom is -0.435 e. The molecular formula is C17H26N2O5S. The van der Waals surface area contributed by atoms with Gasteiger partial charge in [-0.3, -0.25) is 14.9 Å². The second-order valence-corrected chi connectivity index (χ2v) is 7.32. The smallest absolute Gasteiger partial charge is 0.289 e. The van der Waals surface area contributed by atoms with Gasteiger partial charge in [-0.05, 0) is 31.6 Å². The summed E-state index contributed by atoms with van der Waals surface area (Å²) in [6.45, 7) is 3.92. The van der Waals surface area contributed by atoms with E-state index in [1.54, 1.807) is 24.0 Å². The molecule has 0 saturated carbocycles. The Labute approximate surface area is 152 Å². The summed E-state index contributed by atoms with van der Waals surface area (Å²) in [5, 5.41) is 11.8. The molecule has 1 aliphatic rings. The summed E-state index contributed by atoms with van der Waals surface area (Å²) in [5.41, 5.74) is -0.336. The van der Waals surface area contributed by atoms with Gasteiger partial charge >= 0.3 is 0 Å². The van der Waals surface area contributed by atoms with Crippen molar-refractivity contribution in [3.63, 3.8) is 0 Å². The Kier molecular flexibility index (Phi) is 8.30. The maximum absolute atomic E-state index is 12.3. The Hall–Kier alpha value is -1.51. The lowest BCUT2D eigenvalue weighted by Crippen LogP contribution is -2.40. The number of amides is 2. The molecule has 1 atom stereocenters. The number of carbonyl (C=O) groups excluding carboxylic acids is 2. The number of aliphatic hydroxyl groups is 1. The monoisotopic (exact) mass is 370 g/mol. The molecule has 1 saturated heterocycles. The van der Waals surface area contributed by atoms with Crippen molar-refractivity contribution in [1.82, 2.24) is 4.90 Å². The number of thioether (sulfide) groups is 1. The summed E-state index contributed by atoms with van der Waals surface area (Å²) in [6.07, 6.45) is 3.10. The largest absolute Gasteiger partial charge is 0.435 e. The van der Waals surface area contributed by atoms with Crippen LogP contribution in [0.2, 0.25) is 0 Å². The molecule has 0 aliphatic carbocycles. The molecular weight excluding hydrogens is 344 g/mol. The van der Waals surface area contributed by atoms with Crippen LogP contribution in [0.1, 0.15) is 43.2 Å². The number of nitrogens with zero attached hydrogens (tertiary/aromatic N) is 1. The van der Waals surface area contributed by atoms with Crippen LogP contribution in [0, 0.1) is 0 Å². The molecule has 0 radical (unpaired) electrons. The average molecular weight is 370 g/mol. The standard InChI is InChI=1S/C17H26N2O5S/c1-13(20)25-12-4-2-3-5-15(21)18-16-7-6-14(24-16)17(22)19-8-10-23-11-9-19/h6-7,13,20H,2-5,8-12H2,1H3,(H,18,21). The minimum absolute atomic E-state index is 0.122. The molecule has 25 heavy (non-hydrogen) atoms. The van der Waals surface area contributed by atoms with E-state index in [0.29, 0.717) is 38.6 Å². The Morgan fingerprint density at radius 1 is 1.28 bits per heavy atom. The van der Waals surface area contributed by atoms with Gasteiger partial charge in [0.1, 0.15) is 0 Å². The first-order valence-corrected chi connectivity index (χ1v) is 9.67. The zero-order chi connectivity index (χ0) is 18.1. The summed E-state index contributed by atoms with van der Waals surface area (Å²) in [4.78, 5) is 25.8. The highest BCUT2D eigenvalue weighted by Crippen LogP contribution is 2.17. The molecule has 140 valence electrons. The molecule has 2 N–H and O–H groups in total. The van der Waals surface area contributed by atoms with Crippen molar-refractivity contribution < 1.29 is 23.8 Å². The Morgan fingerprint density at radius 3 is 2.76 bits per heavy atom. The second-order valence-electron chi connectivity index (χ2n) is 5.90. The molecule has 2 heterocycles. The number of ether oxygens (including phenoxy) is 1. The SMILES string of the molecule is CC(O)SCCCCCC(=O)Nc1ccc(C(=O)N2CCOCC2)o1. The van der Waals surface area contributed by atoms with Gasteiger partial charge in [-0.15, -0.1) is 11.8 Å². The van der Waals surface area contributed by atoms with Gasteiger partial charge in [0.15, 0.2) is 11.6 Å². The van der Waals surface area contributed by atoms with Crippen molar-refractivity contribution in [3.05, 3.63) is 17.9 Å². The van der Waals surface area contributed by atoms with Gasteiger partial charge in [-0.1, -0.05) is 6.42 Å². The van der Waals surface area contributed by atoms with Crippen LogP contribution in [0.15, 0.2) is 16.5 Å². The molecule has 1 unspecified atom stereocenters. The van der Waals surface area contributed by atoms with E-state index in [-0.39, 0.29) is 23.0 Å². The van der Waals surface area contributed by atoms with Gasteiger partial charge in [-0.2, -0.15) is 0 Å². The van der Waals surface area contributed by atoms with Crippen LogP contribution in [-0.4, -0.2) is 59.3 Å². The van der Waals surface area contributed by atoms with E-state index in [4.69, 9.17) is 14.3 Å². The molecule has 1 aromatic rings. The summed E-state index contributed by atoms with van der Waals surface area (Å²) in [6, 6.07) is 3.19. The molecule has 2 amide bonds. The van der Waals surface area contributed by atoms with Crippen LogP contribution in [0.4, 0.5) is 5.88 Å². The average Bonchev–Trinajstić information content (AvgIpc) is 3.06. The van der Waals surface area contributed by atoms with Crippen LogP contribution < -0.4 is 5.32 Å². The summed E-state index contributed by atoms with van der Waals surface area (Å²) in [7, 11) is 0. The number of carbonyl (C=O) groups is 2. The van der Waals surface area contributed by atoms with E-state index in [1.165, 1.54) is 11.8 Å². The van der Waals surface area contributed by atoms with E-state index in [0.717, 1.165) is 25.0 Å². The molecule has 7 nitrogen and oxygen atoms in total. The maximum Gasteiger partial charge on any atom is 0.289 e. The molecule has 0 aromatic carbocycles. The number of unbranched alkanes of at least 4 members (excludes halogenated alkanes) is 2. The fourth-order valence-electron chi connectivity index (χ4n) is 2.46. The molecule has 8 heteroatoms. The molecule has 0 spiro atoms. The number of aliphatic hydroxyl groups excluding tert-OH is 1. The lowest BCUT2D eigenvalue weighted by molar-refractivity contribution is -0.116. The predicted molar refractivity (Wildman–Crippen MR) is 96.7 cm³/mol. The van der Waals surface area contributed by atoms with Crippen LogP contribution in [-0.2, 0) is 9.53 Å². The number of hydrogen-bond donors (Lipinski definition) is 2. The molecule has 1 aliphatic heterocycles. The van der Waals surface area contributed by atoms with Crippen molar-refractivity contribution in [2.45, 2.75) is 38.0 Å². The van der Waals surface area contributed by atoms with E-state index in [2.05, 4.69) is 5.32 Å². The Balaban J connectivity index is 1.67. The first-order chi connectivity index (χ1) is 12.1. The third-order valence-electron chi connectivity index (χ3n) is 3.78. The van der Waals surface area contributed by atoms with Crippen molar-refractivity contribution in [2.24, 2.45) is 0 Å². The van der Waals surface area contributed by atoms with Gasteiger partial charge in [0, 0.05) is 25.6 Å². The molecule has 1 aromatic heterocycles. The highest BCUT2D eigenvalue weighted by Gasteiger charge is 2.21. The number of hydrogen-bond acceptors (Lipinski definition) is 6. The quantitative estimate of drug-likeness (QED) is 0.512. The minimum atomic E-state index is -0.336. The summed E-state index contributed by atoms with van der Waals surface area (Å²) in [5.74, 6) is 1.12. The number of anilines is 1. The highest BCUT2D eigenvalue weighted by atomic mass is 32.2. The number of nitrogens with one attached hydrogen (secondary N) is 1. The van der Waals surface area contributed by atoms with Gasteiger partial charge in [0.25, 0.3) is 5.91 Å². The third-order valence-corrected chi connectivity index (χ3v) is 4.79. The van der Waals surface area contributed by atoms with Crippen LogP contribution in [0.3, 0.4) is 0 Å². The van der Waals surface area contributed by atoms with Crippen molar-refractivity contribution in [1.29, 1.82) is 0 Å². The van der Waals surface area contributed by atoms with Gasteiger partial charge in [0.2, 0.25) is 5.91 Å². The topological polar surface area (TPSA) is 92.0 Å². The fourth-order valence-corrected chi connectivity index (χ4v) is 3.17. The zero-order valence-corrected chi connectivity index (χ0v) is 15.3. The van der Waals surface area contributed by atoms with Gasteiger partial charge < -0.3 is 19.2 Å². The molecule has 0 bridgehead atoms. The molecule has 2 rings (SSSR count). The van der Waals surface area contributed by atoms with Crippen LogP contribution in [0.5, 0.6) is 0 Å². The van der Waals surface area contributed by atoms with Crippen molar-refractivity contribution >= 4 is 29.5 Å². The maximum atomic E-state index is 12.3. The predicted octanol–water partition coefficient (Wildman–Crippen LogP) is 2.32. The Morgan fingerprint density at radius 2 is 2.04 bits per heavy atom. The third kappa shape index (κ3) is 7.09. The second kappa shape index (κ2) is 10.5. The van der Waals surface area contributed by atoms with Crippen molar-refractivity contribution in [3.8, 4) is 0 Å². The van der Waals surface area contributed by atoms with E-state index in [1.807, 2.05) is 0 Å². The Bertz CT molecular complexity index is 555. The lowest BCUT2D eigenvalue weighted by Gasteiger charge is -2.25. The molecule has 1 fully saturated rings. The number of morpholine rings is 1. The summed E-state index contributed by atoms with van der Waals surface area (Å²) >= 11 is 1.51. The normalized spacial score (nSPS) is 15.8. The number of furan rings is 1. The lowest BCUT2D eigenvalue weighted by atomic mass is 10.2. The van der Waals surface area contributed by atoms with E-state index >= 15 is 0 Å². The van der Waals surface area contributed by atoms with Gasteiger partial charge in [0.05, 0.1) is 18.6 Å². The fraction of sp³-hybridized carbons (Fsp3) is 0.647. The first-order valence-electron chi connectivity index (χ1n) is 8.62. The van der Waals surface area contributed by atoms with E-state index in [9.17, 15) is 9.59 Å². The van der Waals surface area contributed by atoms with Crippen LogP contribution >= 0.6 is 11.8 Å². The van der Waals surface area contributed by atoms with Crippen LogP contribution in [0.25, 0.3) is 0 Å². The zero-order valence-electron chi connectivity index (χ0n) is 14.5. The van der Waals surface area contributed by atoms with Crippen molar-refractivity contribution in [2.75, 3.05) is 37.4 Å². The van der Waals surface area contributed by atoms with E-state index < -0.39 is 0 Å². The summed E-state index contributed by atoms with van der Waals surface area (Å²) < 4.78 is 10.7.